The minimum absolute atomic E-state index is 0.436. The van der Waals surface area contributed by atoms with Crippen molar-refractivity contribution in [2.45, 2.75) is 19.3 Å². The van der Waals surface area contributed by atoms with Gasteiger partial charge in [-0.15, -0.1) is 0 Å². The maximum Gasteiger partial charge on any atom is 0.205 e. The molecule has 6 nitrogen and oxygen atoms in total. The van der Waals surface area contributed by atoms with Gasteiger partial charge in [-0.05, 0) is 24.7 Å². The molecule has 2 aliphatic heterocycles. The standard InChI is InChI=1S/C22H29N3O3/c1-24-11-13-25(14-12-24)10-9-19-7-8-20(21(23-19)22-26-15-16-27-22)28-17-18-5-3-2-4-6-18/h2-8,22H,9-17H2,1H3. The van der Waals surface area contributed by atoms with Crippen molar-refractivity contribution in [3.05, 3.63) is 59.4 Å². The molecule has 0 radical (unpaired) electrons. The van der Waals surface area contributed by atoms with Crippen LogP contribution in [0.15, 0.2) is 42.5 Å². The molecule has 150 valence electrons. The molecule has 6 heteroatoms. The lowest BCUT2D eigenvalue weighted by Crippen LogP contribution is -2.45. The molecular formula is C22H29N3O3. The van der Waals surface area contributed by atoms with E-state index < -0.39 is 6.29 Å². The number of piperazine rings is 1. The Morgan fingerprint density at radius 2 is 1.75 bits per heavy atom. The van der Waals surface area contributed by atoms with Crippen molar-refractivity contribution in [1.29, 1.82) is 0 Å². The van der Waals surface area contributed by atoms with Crippen molar-refractivity contribution in [3.63, 3.8) is 0 Å². The summed E-state index contributed by atoms with van der Waals surface area (Å²) in [6, 6.07) is 14.2. The molecule has 0 N–H and O–H groups in total. The van der Waals surface area contributed by atoms with Crippen LogP contribution in [0.5, 0.6) is 5.75 Å². The van der Waals surface area contributed by atoms with E-state index in [1.807, 2.05) is 24.3 Å². The summed E-state index contributed by atoms with van der Waals surface area (Å²) in [4.78, 5) is 9.73. The van der Waals surface area contributed by atoms with Gasteiger partial charge in [0.15, 0.2) is 0 Å². The monoisotopic (exact) mass is 383 g/mol. The van der Waals surface area contributed by atoms with E-state index in [2.05, 4.69) is 35.0 Å². The van der Waals surface area contributed by atoms with Gasteiger partial charge in [0, 0.05) is 44.8 Å². The van der Waals surface area contributed by atoms with Crippen LogP contribution in [0.1, 0.15) is 23.2 Å². The molecule has 2 saturated heterocycles. The third-order valence-electron chi connectivity index (χ3n) is 5.31. The van der Waals surface area contributed by atoms with Crippen LogP contribution in [0.3, 0.4) is 0 Å². The van der Waals surface area contributed by atoms with E-state index >= 15 is 0 Å². The maximum absolute atomic E-state index is 6.06. The smallest absolute Gasteiger partial charge is 0.205 e. The van der Waals surface area contributed by atoms with Crippen molar-refractivity contribution in [3.8, 4) is 5.75 Å². The minimum atomic E-state index is -0.436. The topological polar surface area (TPSA) is 47.1 Å². The van der Waals surface area contributed by atoms with Crippen LogP contribution >= 0.6 is 0 Å². The first-order valence-corrected chi connectivity index (χ1v) is 10.1. The lowest BCUT2D eigenvalue weighted by atomic mass is 10.2. The molecule has 0 amide bonds. The minimum Gasteiger partial charge on any atom is -0.487 e. The molecule has 3 heterocycles. The van der Waals surface area contributed by atoms with Gasteiger partial charge in [-0.25, -0.2) is 4.98 Å². The highest BCUT2D eigenvalue weighted by atomic mass is 16.7. The first kappa shape index (κ1) is 19.3. The number of hydrogen-bond acceptors (Lipinski definition) is 6. The summed E-state index contributed by atoms with van der Waals surface area (Å²) in [5, 5.41) is 0. The lowest BCUT2D eigenvalue weighted by Gasteiger charge is -2.32. The van der Waals surface area contributed by atoms with E-state index in [9.17, 15) is 0 Å². The van der Waals surface area contributed by atoms with Gasteiger partial charge in [0.05, 0.1) is 13.2 Å². The molecule has 4 rings (SSSR count). The van der Waals surface area contributed by atoms with Gasteiger partial charge in [0.1, 0.15) is 18.1 Å². The summed E-state index contributed by atoms with van der Waals surface area (Å²) in [6.45, 7) is 7.22. The van der Waals surface area contributed by atoms with Crippen LogP contribution < -0.4 is 4.74 Å². The third-order valence-corrected chi connectivity index (χ3v) is 5.31. The second kappa shape index (κ2) is 9.47. The molecule has 0 bridgehead atoms. The third kappa shape index (κ3) is 5.08. The van der Waals surface area contributed by atoms with Gasteiger partial charge >= 0.3 is 0 Å². The molecule has 0 spiro atoms. The summed E-state index contributed by atoms with van der Waals surface area (Å²) in [7, 11) is 2.18. The fourth-order valence-electron chi connectivity index (χ4n) is 3.53. The van der Waals surface area contributed by atoms with Crippen molar-refractivity contribution in [2.24, 2.45) is 0 Å². The molecule has 1 aromatic carbocycles. The SMILES string of the molecule is CN1CCN(CCc2ccc(OCc3ccccc3)c(C3OCCO3)n2)CC1. The molecular weight excluding hydrogens is 354 g/mol. The Morgan fingerprint density at radius 3 is 2.50 bits per heavy atom. The van der Waals surface area contributed by atoms with Crippen LogP contribution in [-0.2, 0) is 22.5 Å². The van der Waals surface area contributed by atoms with Crippen molar-refractivity contribution < 1.29 is 14.2 Å². The van der Waals surface area contributed by atoms with Crippen LogP contribution in [0.4, 0.5) is 0 Å². The molecule has 0 unspecified atom stereocenters. The van der Waals surface area contributed by atoms with Gasteiger partial charge in [-0.1, -0.05) is 30.3 Å². The van der Waals surface area contributed by atoms with Crippen LogP contribution in [0.25, 0.3) is 0 Å². The van der Waals surface area contributed by atoms with E-state index in [0.717, 1.165) is 61.8 Å². The van der Waals surface area contributed by atoms with Gasteiger partial charge < -0.3 is 24.0 Å². The molecule has 2 fully saturated rings. The summed E-state index contributed by atoms with van der Waals surface area (Å²) >= 11 is 0. The summed E-state index contributed by atoms with van der Waals surface area (Å²) in [5.74, 6) is 0.735. The fourth-order valence-corrected chi connectivity index (χ4v) is 3.53. The van der Waals surface area contributed by atoms with Crippen molar-refractivity contribution in [2.75, 3.05) is 53.0 Å². The van der Waals surface area contributed by atoms with E-state index in [4.69, 9.17) is 19.2 Å². The largest absolute Gasteiger partial charge is 0.487 e. The Balaban J connectivity index is 1.42. The highest BCUT2D eigenvalue weighted by molar-refractivity contribution is 5.31. The molecule has 2 aromatic rings. The average Bonchev–Trinajstić information content (AvgIpc) is 3.28. The average molecular weight is 383 g/mol. The number of benzene rings is 1. The number of likely N-dealkylation sites (N-methyl/N-ethyl adjacent to an activating group) is 1. The zero-order valence-electron chi connectivity index (χ0n) is 16.5. The van der Waals surface area contributed by atoms with E-state index in [1.165, 1.54) is 0 Å². The van der Waals surface area contributed by atoms with E-state index in [-0.39, 0.29) is 0 Å². The maximum atomic E-state index is 6.06. The lowest BCUT2D eigenvalue weighted by molar-refractivity contribution is -0.0493. The van der Waals surface area contributed by atoms with Crippen LogP contribution in [0, 0.1) is 0 Å². The molecule has 0 saturated carbocycles. The predicted molar refractivity (Wildman–Crippen MR) is 107 cm³/mol. The van der Waals surface area contributed by atoms with E-state index in [1.54, 1.807) is 0 Å². The number of rotatable bonds is 7. The van der Waals surface area contributed by atoms with E-state index in [0.29, 0.717) is 19.8 Å². The Hall–Kier alpha value is -1.99. The summed E-state index contributed by atoms with van der Waals surface area (Å²) in [5.41, 5.74) is 2.94. The number of hydrogen-bond donors (Lipinski definition) is 0. The molecule has 28 heavy (non-hydrogen) atoms. The first-order valence-electron chi connectivity index (χ1n) is 10.1. The zero-order chi connectivity index (χ0) is 19.2. The van der Waals surface area contributed by atoms with Crippen molar-refractivity contribution >= 4 is 0 Å². The van der Waals surface area contributed by atoms with Gasteiger partial charge in [0.2, 0.25) is 6.29 Å². The van der Waals surface area contributed by atoms with Crippen LogP contribution in [-0.4, -0.2) is 67.8 Å². The van der Waals surface area contributed by atoms with Crippen molar-refractivity contribution in [1.82, 2.24) is 14.8 Å². The quantitative estimate of drug-likeness (QED) is 0.732. The normalized spacial score (nSPS) is 19.2. The van der Waals surface area contributed by atoms with Gasteiger partial charge in [-0.3, -0.25) is 0 Å². The Morgan fingerprint density at radius 1 is 1.00 bits per heavy atom. The number of aromatic nitrogens is 1. The second-order valence-corrected chi connectivity index (χ2v) is 7.43. The molecule has 1 aromatic heterocycles. The van der Waals surface area contributed by atoms with Gasteiger partial charge in [-0.2, -0.15) is 0 Å². The number of ether oxygens (including phenoxy) is 3. The highest BCUT2D eigenvalue weighted by Crippen LogP contribution is 2.30. The summed E-state index contributed by atoms with van der Waals surface area (Å²) in [6.07, 6.45) is 0.483. The number of nitrogens with zero attached hydrogens (tertiary/aromatic N) is 3. The fraction of sp³-hybridized carbons (Fsp3) is 0.500. The molecule has 2 aliphatic rings. The molecule has 0 aliphatic carbocycles. The Bertz CT molecular complexity index is 742. The Kier molecular flexibility index (Phi) is 6.54. The summed E-state index contributed by atoms with van der Waals surface area (Å²) < 4.78 is 17.5. The predicted octanol–water partition coefficient (Wildman–Crippen LogP) is 2.50. The zero-order valence-corrected chi connectivity index (χ0v) is 16.5. The van der Waals surface area contributed by atoms with Gasteiger partial charge in [0.25, 0.3) is 0 Å². The second-order valence-electron chi connectivity index (χ2n) is 7.43. The van der Waals surface area contributed by atoms with Crippen LogP contribution in [0.2, 0.25) is 0 Å². The Labute approximate surface area is 167 Å². The first-order chi connectivity index (χ1) is 13.8. The highest BCUT2D eigenvalue weighted by Gasteiger charge is 2.25. The number of pyridine rings is 1. The molecule has 0 atom stereocenters.